The van der Waals surface area contributed by atoms with E-state index in [-0.39, 0.29) is 30.2 Å². The van der Waals surface area contributed by atoms with Gasteiger partial charge in [0.25, 0.3) is 0 Å². The highest BCUT2D eigenvalue weighted by Gasteiger charge is 2.33. The summed E-state index contributed by atoms with van der Waals surface area (Å²) < 4.78 is 0. The standard InChI is InChI=1S/C22H31N3O5/c26-20(27)14-17-9-13-25(22(30)23-19-4-2-1-3-5-19)15-18(17)8-12-24-10-6-16(7-11-24)21(28)29/h1-5,16-18H,6-15H2,(H,23,30)(H,26,27)(H,28,29). The molecule has 2 aliphatic rings. The minimum Gasteiger partial charge on any atom is -0.481 e. The molecule has 8 heteroatoms. The third-order valence-electron chi connectivity index (χ3n) is 6.39. The Bertz CT molecular complexity index is 734. The van der Waals surface area contributed by atoms with Crippen LogP contribution in [0, 0.1) is 17.8 Å². The van der Waals surface area contributed by atoms with Gasteiger partial charge in [-0.3, -0.25) is 9.59 Å². The van der Waals surface area contributed by atoms with Crippen LogP contribution in [0.1, 0.15) is 32.1 Å². The van der Waals surface area contributed by atoms with Crippen molar-refractivity contribution in [1.29, 1.82) is 0 Å². The lowest BCUT2D eigenvalue weighted by molar-refractivity contribution is -0.143. The number of hydrogen-bond donors (Lipinski definition) is 3. The lowest BCUT2D eigenvalue weighted by atomic mass is 9.81. The van der Waals surface area contributed by atoms with Gasteiger partial charge in [-0.1, -0.05) is 18.2 Å². The first-order valence-electron chi connectivity index (χ1n) is 10.7. The van der Waals surface area contributed by atoms with E-state index < -0.39 is 11.9 Å². The van der Waals surface area contributed by atoms with Gasteiger partial charge in [0.1, 0.15) is 0 Å². The highest BCUT2D eigenvalue weighted by Crippen LogP contribution is 2.30. The number of anilines is 1. The topological polar surface area (TPSA) is 110 Å². The van der Waals surface area contributed by atoms with Crippen molar-refractivity contribution in [3.05, 3.63) is 30.3 Å². The molecule has 0 aromatic heterocycles. The van der Waals surface area contributed by atoms with Gasteiger partial charge >= 0.3 is 18.0 Å². The molecule has 3 rings (SSSR count). The average Bonchev–Trinajstić information content (AvgIpc) is 2.73. The van der Waals surface area contributed by atoms with Gasteiger partial charge in [-0.25, -0.2) is 4.79 Å². The van der Waals surface area contributed by atoms with Gasteiger partial charge in [0.15, 0.2) is 0 Å². The molecule has 0 saturated carbocycles. The first-order chi connectivity index (χ1) is 14.4. The predicted octanol–water partition coefficient (Wildman–Crippen LogP) is 2.82. The normalized spacial score (nSPS) is 23.1. The molecule has 0 radical (unpaired) electrons. The highest BCUT2D eigenvalue weighted by atomic mass is 16.4. The summed E-state index contributed by atoms with van der Waals surface area (Å²) in [4.78, 5) is 39.2. The molecule has 1 aromatic carbocycles. The fourth-order valence-electron chi connectivity index (χ4n) is 4.56. The molecule has 2 aliphatic heterocycles. The molecule has 2 amide bonds. The van der Waals surface area contributed by atoms with Crippen LogP contribution in [0.15, 0.2) is 30.3 Å². The second kappa shape index (κ2) is 10.4. The molecule has 0 aliphatic carbocycles. The molecular formula is C22H31N3O5. The quantitative estimate of drug-likeness (QED) is 0.629. The summed E-state index contributed by atoms with van der Waals surface area (Å²) in [5.74, 6) is -1.60. The van der Waals surface area contributed by atoms with Crippen LogP contribution in [-0.2, 0) is 9.59 Å². The van der Waals surface area contributed by atoms with Crippen molar-refractivity contribution in [2.24, 2.45) is 17.8 Å². The zero-order chi connectivity index (χ0) is 21.5. The number of hydrogen-bond acceptors (Lipinski definition) is 4. The first kappa shape index (κ1) is 22.1. The Labute approximate surface area is 176 Å². The minimum absolute atomic E-state index is 0.0554. The Hall–Kier alpha value is -2.61. The largest absolute Gasteiger partial charge is 0.481 e. The van der Waals surface area contributed by atoms with Crippen molar-refractivity contribution < 1.29 is 24.6 Å². The van der Waals surface area contributed by atoms with Crippen molar-refractivity contribution in [3.63, 3.8) is 0 Å². The van der Waals surface area contributed by atoms with Crippen LogP contribution in [0.25, 0.3) is 0 Å². The number of aliphatic carboxylic acids is 2. The summed E-state index contributed by atoms with van der Waals surface area (Å²) in [5.41, 5.74) is 0.744. The predicted molar refractivity (Wildman–Crippen MR) is 112 cm³/mol. The number of carboxylic acid groups (broad SMARTS) is 2. The molecule has 0 bridgehead atoms. The van der Waals surface area contributed by atoms with Crippen molar-refractivity contribution in [2.45, 2.75) is 32.1 Å². The van der Waals surface area contributed by atoms with Crippen LogP contribution >= 0.6 is 0 Å². The number of likely N-dealkylation sites (tertiary alicyclic amines) is 2. The summed E-state index contributed by atoms with van der Waals surface area (Å²) in [6, 6.07) is 9.15. The molecule has 2 unspecified atom stereocenters. The van der Waals surface area contributed by atoms with Crippen LogP contribution in [0.4, 0.5) is 10.5 Å². The zero-order valence-electron chi connectivity index (χ0n) is 17.2. The van der Waals surface area contributed by atoms with Crippen molar-refractivity contribution in [2.75, 3.05) is 38.0 Å². The highest BCUT2D eigenvalue weighted by molar-refractivity contribution is 5.89. The number of carboxylic acids is 2. The number of piperidine rings is 2. The number of benzene rings is 1. The first-order valence-corrected chi connectivity index (χ1v) is 10.7. The Morgan fingerprint density at radius 2 is 1.67 bits per heavy atom. The molecule has 2 atom stereocenters. The fraction of sp³-hybridized carbons (Fsp3) is 0.591. The second-order valence-electron chi connectivity index (χ2n) is 8.39. The second-order valence-corrected chi connectivity index (χ2v) is 8.39. The Kier molecular flexibility index (Phi) is 7.68. The van der Waals surface area contributed by atoms with Crippen molar-refractivity contribution in [1.82, 2.24) is 9.80 Å². The smallest absolute Gasteiger partial charge is 0.321 e. The van der Waals surface area contributed by atoms with E-state index >= 15 is 0 Å². The summed E-state index contributed by atoms with van der Waals surface area (Å²) >= 11 is 0. The number of para-hydroxylation sites is 1. The van der Waals surface area contributed by atoms with E-state index in [9.17, 15) is 19.5 Å². The minimum atomic E-state index is -0.797. The lowest BCUT2D eigenvalue weighted by Gasteiger charge is -2.39. The fourth-order valence-corrected chi connectivity index (χ4v) is 4.56. The van der Waals surface area contributed by atoms with Crippen LogP contribution in [0.3, 0.4) is 0 Å². The van der Waals surface area contributed by atoms with Gasteiger partial charge in [0.05, 0.1) is 5.92 Å². The molecule has 3 N–H and O–H groups in total. The van der Waals surface area contributed by atoms with Crippen molar-refractivity contribution in [3.8, 4) is 0 Å². The maximum absolute atomic E-state index is 12.7. The summed E-state index contributed by atoms with van der Waals surface area (Å²) in [5, 5.41) is 21.4. The number of carbonyl (C=O) groups excluding carboxylic acids is 1. The van der Waals surface area contributed by atoms with Crippen LogP contribution in [0.2, 0.25) is 0 Å². The molecule has 2 heterocycles. The van der Waals surface area contributed by atoms with E-state index in [1.54, 1.807) is 4.90 Å². The number of rotatable bonds is 7. The monoisotopic (exact) mass is 417 g/mol. The maximum Gasteiger partial charge on any atom is 0.321 e. The maximum atomic E-state index is 12.7. The lowest BCUT2D eigenvalue weighted by Crippen LogP contribution is -2.47. The van der Waals surface area contributed by atoms with E-state index in [4.69, 9.17) is 5.11 Å². The third kappa shape index (κ3) is 6.19. The van der Waals surface area contributed by atoms with E-state index in [2.05, 4.69) is 10.2 Å². The van der Waals surface area contributed by atoms with Crippen molar-refractivity contribution >= 4 is 23.7 Å². The number of nitrogens with zero attached hydrogens (tertiary/aromatic N) is 2. The van der Waals surface area contributed by atoms with Gasteiger partial charge < -0.3 is 25.3 Å². The van der Waals surface area contributed by atoms with Crippen LogP contribution in [-0.4, -0.2) is 70.7 Å². The number of amides is 2. The molecule has 8 nitrogen and oxygen atoms in total. The van der Waals surface area contributed by atoms with Gasteiger partial charge in [0.2, 0.25) is 0 Å². The molecule has 164 valence electrons. The van der Waals surface area contributed by atoms with Gasteiger partial charge in [-0.15, -0.1) is 0 Å². The molecule has 0 spiro atoms. The Balaban J connectivity index is 1.55. The zero-order valence-corrected chi connectivity index (χ0v) is 17.2. The van der Waals surface area contributed by atoms with Crippen LogP contribution < -0.4 is 5.32 Å². The number of nitrogens with one attached hydrogen (secondary N) is 1. The average molecular weight is 418 g/mol. The Morgan fingerprint density at radius 3 is 2.30 bits per heavy atom. The SMILES string of the molecule is O=C(O)CC1CCN(C(=O)Nc2ccccc2)CC1CCN1CCC(C(=O)O)CC1. The van der Waals surface area contributed by atoms with Gasteiger partial charge in [-0.05, 0) is 69.3 Å². The van der Waals surface area contributed by atoms with Gasteiger partial charge in [0, 0.05) is 25.2 Å². The summed E-state index contributed by atoms with van der Waals surface area (Å²) in [7, 11) is 0. The molecule has 1 aromatic rings. The van der Waals surface area contributed by atoms with E-state index in [1.807, 2.05) is 30.3 Å². The van der Waals surface area contributed by atoms with E-state index in [0.717, 1.165) is 31.7 Å². The summed E-state index contributed by atoms with van der Waals surface area (Å²) in [6.45, 7) is 3.41. The summed E-state index contributed by atoms with van der Waals surface area (Å²) in [6.07, 6.45) is 2.93. The molecule has 2 fully saturated rings. The molecule has 2 saturated heterocycles. The number of carbonyl (C=O) groups is 3. The van der Waals surface area contributed by atoms with E-state index in [0.29, 0.717) is 32.4 Å². The van der Waals surface area contributed by atoms with E-state index in [1.165, 1.54) is 0 Å². The molecule has 30 heavy (non-hydrogen) atoms. The van der Waals surface area contributed by atoms with Gasteiger partial charge in [-0.2, -0.15) is 0 Å². The third-order valence-corrected chi connectivity index (χ3v) is 6.39. The van der Waals surface area contributed by atoms with Crippen LogP contribution in [0.5, 0.6) is 0 Å². The molecular weight excluding hydrogens is 386 g/mol. The number of urea groups is 1. The Morgan fingerprint density at radius 1 is 0.967 bits per heavy atom.